The first kappa shape index (κ1) is 97.2. The molecule has 2 rings (SSSR count). The first-order chi connectivity index (χ1) is 50.2. The number of unbranched alkanes of at least 4 members (excludes halogenated alkanes) is 40. The number of hydrogen-bond donors (Lipinski definition) is 10. The molecular weight excluding hydrogens is 1360 g/mol. The van der Waals surface area contributed by atoms with Crippen molar-refractivity contribution in [1.82, 2.24) is 10.6 Å². The SMILES string of the molecule is CCCCCCCCCCCC(=O)O[C@H](CCCCCCCCCCC)CC(=O)NC1[C@H](OCC2O[C@@H](O)C(NC(=O)C[C@H](O)CCCCCCCCCCC)[C@@H](OC(=O)C[C@H](O)CCCCCCCCCCC)[C@@H]2O)OC(CO)[C@@H](OP(=O)(O)O)[C@@H]1OC(=O)C[C@H](O)CCCCCCCCCCC. The number of hydrogen-bond acceptors (Lipinski definition) is 19. The summed E-state index contributed by atoms with van der Waals surface area (Å²) in [6.07, 6.45) is 26.5. The van der Waals surface area contributed by atoms with E-state index in [1.165, 1.54) is 96.3 Å². The molecule has 0 aromatic heterocycles. The largest absolute Gasteiger partial charge is 0.470 e. The van der Waals surface area contributed by atoms with Gasteiger partial charge in [0.1, 0.15) is 42.6 Å². The first-order valence-electron chi connectivity index (χ1n) is 42.0. The summed E-state index contributed by atoms with van der Waals surface area (Å²) in [7, 11) is -5.55. The van der Waals surface area contributed by atoms with Gasteiger partial charge in [0.25, 0.3) is 0 Å². The van der Waals surface area contributed by atoms with Crippen LogP contribution in [0.2, 0.25) is 0 Å². The molecule has 0 radical (unpaired) electrons. The van der Waals surface area contributed by atoms with E-state index in [0.717, 1.165) is 161 Å². The van der Waals surface area contributed by atoms with Gasteiger partial charge in [-0.05, 0) is 38.5 Å². The van der Waals surface area contributed by atoms with Crippen molar-refractivity contribution in [2.45, 2.75) is 467 Å². The second-order valence-corrected chi connectivity index (χ2v) is 31.4. The lowest BCUT2D eigenvalue weighted by Crippen LogP contribution is -2.68. The van der Waals surface area contributed by atoms with Gasteiger partial charge < -0.3 is 79.5 Å². The molecule has 2 aliphatic heterocycles. The van der Waals surface area contributed by atoms with Gasteiger partial charge >= 0.3 is 25.7 Å². The molecule has 104 heavy (non-hydrogen) atoms. The van der Waals surface area contributed by atoms with E-state index in [0.29, 0.717) is 44.9 Å². The van der Waals surface area contributed by atoms with Gasteiger partial charge in [-0.3, -0.25) is 28.5 Å². The van der Waals surface area contributed by atoms with Gasteiger partial charge in [-0.15, -0.1) is 0 Å². The van der Waals surface area contributed by atoms with E-state index in [4.69, 9.17) is 32.9 Å². The standard InChI is InChI=1S/C80H151N2O21P/c1-6-11-16-21-26-31-36-41-46-51-62(84)56-68(87)81-73-77(101-71(90)57-63(85)52-47-42-37-32-27-22-17-12-7-2)75(92)67(99-79(73)93)61-97-80-74(78(76(66(60-83)100-80)103-104(94,95)96)102-72(91)58-64(86)53-48-43-38-33-28-23-18-13-8-3)82-69(88)59-65(54-49-44-39-34-29-24-19-14-9-4)98-70(89)55-50-45-40-35-30-25-20-15-10-5/h62-67,73-80,83-86,92-93H,6-61H2,1-5H3,(H,81,87)(H,82,88)(H2,94,95,96)/t62-,63-,64-,65-,66?,67?,73?,74?,75-,76-,77-,78-,79-,80-/m1/s1. The fraction of sp³-hybridized carbons (Fsp3) is 0.938. The third-order valence-corrected chi connectivity index (χ3v) is 20.9. The molecule has 4 unspecified atom stereocenters. The van der Waals surface area contributed by atoms with Crippen LogP contribution in [0.5, 0.6) is 0 Å². The molecule has 2 aliphatic rings. The number of phosphoric acid groups is 1. The molecule has 0 spiro atoms. The van der Waals surface area contributed by atoms with Crippen LogP contribution >= 0.6 is 7.82 Å². The second kappa shape index (κ2) is 62.8. The molecular formula is C80H151N2O21P. The zero-order valence-corrected chi connectivity index (χ0v) is 66.4. The molecule has 10 N–H and O–H groups in total. The summed E-state index contributed by atoms with van der Waals surface area (Å²) in [6.45, 7) is 9.03. The maximum atomic E-state index is 14.8. The smallest absolute Gasteiger partial charge is 0.462 e. The highest BCUT2D eigenvalue weighted by molar-refractivity contribution is 7.46. The summed E-state index contributed by atoms with van der Waals surface area (Å²) in [5.74, 6) is -4.07. The van der Waals surface area contributed by atoms with E-state index < -0.39 is 162 Å². The van der Waals surface area contributed by atoms with Crippen LogP contribution < -0.4 is 10.6 Å². The molecule has 612 valence electrons. The second-order valence-electron chi connectivity index (χ2n) is 30.2. The van der Waals surface area contributed by atoms with E-state index in [-0.39, 0.29) is 19.3 Å². The van der Waals surface area contributed by atoms with Gasteiger partial charge in [-0.2, -0.15) is 0 Å². The Labute approximate surface area is 627 Å². The van der Waals surface area contributed by atoms with Crippen LogP contribution in [0.25, 0.3) is 0 Å². The quantitative estimate of drug-likeness (QED) is 0.0117. The molecule has 0 aromatic carbocycles. The van der Waals surface area contributed by atoms with Crippen molar-refractivity contribution in [2.24, 2.45) is 0 Å². The monoisotopic (exact) mass is 1510 g/mol. The van der Waals surface area contributed by atoms with Crippen LogP contribution in [-0.4, -0.2) is 169 Å². The summed E-state index contributed by atoms with van der Waals surface area (Å²) < 4.78 is 54.4. The number of nitrogens with one attached hydrogen (secondary N) is 2. The molecule has 0 bridgehead atoms. The summed E-state index contributed by atoms with van der Waals surface area (Å²) in [6, 6.07) is -3.41. The fourth-order valence-corrected chi connectivity index (χ4v) is 14.7. The van der Waals surface area contributed by atoms with Crippen molar-refractivity contribution < 1.29 is 102 Å². The summed E-state index contributed by atoms with van der Waals surface area (Å²) >= 11 is 0. The number of amides is 2. The van der Waals surface area contributed by atoms with Crippen molar-refractivity contribution in [3.8, 4) is 0 Å². The number of carbonyl (C=O) groups excluding carboxylic acids is 5. The maximum Gasteiger partial charge on any atom is 0.470 e. The third-order valence-electron chi connectivity index (χ3n) is 20.4. The summed E-state index contributed by atoms with van der Waals surface area (Å²) in [5.41, 5.74) is 0. The van der Waals surface area contributed by atoms with E-state index in [2.05, 4.69) is 45.3 Å². The van der Waals surface area contributed by atoms with Gasteiger partial charge in [0, 0.05) is 6.42 Å². The molecule has 2 heterocycles. The Kier molecular flexibility index (Phi) is 58.7. The van der Waals surface area contributed by atoms with Crippen LogP contribution in [0.4, 0.5) is 0 Å². The number of esters is 3. The van der Waals surface area contributed by atoms with E-state index in [9.17, 15) is 69.0 Å². The minimum Gasteiger partial charge on any atom is -0.462 e. The van der Waals surface area contributed by atoms with Crippen molar-refractivity contribution >= 4 is 37.5 Å². The number of aliphatic hydroxyl groups is 6. The van der Waals surface area contributed by atoms with Gasteiger partial charge in [-0.1, -0.05) is 311 Å². The van der Waals surface area contributed by atoms with Gasteiger partial charge in [0.05, 0.1) is 57.2 Å². The molecule has 0 saturated carbocycles. The van der Waals surface area contributed by atoms with Crippen molar-refractivity contribution in [1.29, 1.82) is 0 Å². The predicted molar refractivity (Wildman–Crippen MR) is 405 cm³/mol. The van der Waals surface area contributed by atoms with Crippen molar-refractivity contribution in [3.05, 3.63) is 0 Å². The molecule has 14 atom stereocenters. The van der Waals surface area contributed by atoms with Crippen LogP contribution in [-0.2, 0) is 61.5 Å². The van der Waals surface area contributed by atoms with Gasteiger partial charge in [0.2, 0.25) is 11.8 Å². The predicted octanol–water partition coefficient (Wildman–Crippen LogP) is 15.2. The maximum absolute atomic E-state index is 14.8. The average molecular weight is 1510 g/mol. The Bertz CT molecular complexity index is 2180. The molecule has 2 fully saturated rings. The van der Waals surface area contributed by atoms with Crippen LogP contribution in [0.15, 0.2) is 0 Å². The Morgan fingerprint density at radius 2 is 0.750 bits per heavy atom. The number of ether oxygens (including phenoxy) is 6. The number of carbonyl (C=O) groups is 5. The molecule has 2 amide bonds. The lowest BCUT2D eigenvalue weighted by Gasteiger charge is -2.46. The van der Waals surface area contributed by atoms with Crippen LogP contribution in [0.3, 0.4) is 0 Å². The first-order valence-corrected chi connectivity index (χ1v) is 43.6. The summed E-state index contributed by atoms with van der Waals surface area (Å²) in [4.78, 5) is 90.8. The molecule has 2 saturated heterocycles. The number of rotatable bonds is 69. The van der Waals surface area contributed by atoms with E-state index in [1.807, 2.05) is 0 Å². The molecule has 0 aliphatic carbocycles. The Morgan fingerprint density at radius 1 is 0.404 bits per heavy atom. The number of phosphoric ester groups is 1. The lowest BCUT2D eigenvalue weighted by molar-refractivity contribution is -0.298. The highest BCUT2D eigenvalue weighted by Gasteiger charge is 2.54. The minimum atomic E-state index is -5.55. The molecule has 0 aromatic rings. The zero-order chi connectivity index (χ0) is 76.4. The fourth-order valence-electron chi connectivity index (χ4n) is 14.1. The van der Waals surface area contributed by atoms with E-state index >= 15 is 0 Å². The lowest BCUT2D eigenvalue weighted by atomic mass is 9.95. The highest BCUT2D eigenvalue weighted by Crippen LogP contribution is 2.43. The zero-order valence-electron chi connectivity index (χ0n) is 65.5. The normalized spacial score (nSPS) is 21.8. The van der Waals surface area contributed by atoms with Gasteiger partial charge in [0.15, 0.2) is 24.8 Å². The Balaban J connectivity index is 2.58. The van der Waals surface area contributed by atoms with E-state index in [1.54, 1.807) is 0 Å². The summed E-state index contributed by atoms with van der Waals surface area (Å²) in [5, 5.41) is 73.5. The molecule has 24 heteroatoms. The van der Waals surface area contributed by atoms with Gasteiger partial charge in [-0.25, -0.2) is 4.57 Å². The van der Waals surface area contributed by atoms with Crippen LogP contribution in [0.1, 0.15) is 381 Å². The Morgan fingerprint density at radius 3 is 1.14 bits per heavy atom. The topological polar surface area (TPSA) is 353 Å². The third kappa shape index (κ3) is 48.6. The Hall–Kier alpha value is -2.90. The average Bonchev–Trinajstić information content (AvgIpc) is 0.782. The van der Waals surface area contributed by atoms with Crippen molar-refractivity contribution in [3.63, 3.8) is 0 Å². The van der Waals surface area contributed by atoms with Crippen molar-refractivity contribution in [2.75, 3.05) is 13.2 Å². The van der Waals surface area contributed by atoms with Crippen LogP contribution in [0, 0.1) is 0 Å². The highest BCUT2D eigenvalue weighted by atomic mass is 31.2. The number of aliphatic hydroxyl groups excluding tert-OH is 6. The minimum absolute atomic E-state index is 0.131. The molecule has 23 nitrogen and oxygen atoms in total.